The van der Waals surface area contributed by atoms with Gasteiger partial charge >= 0.3 is 0 Å². The average molecular weight is 295 g/mol. The SMILES string of the molecule is CC(C)CCN(C)CCCC(=O)Nc1cc(N)ccc1F. The largest absolute Gasteiger partial charge is 0.399 e. The molecular weight excluding hydrogens is 269 g/mol. The number of hydrogen-bond acceptors (Lipinski definition) is 3. The van der Waals surface area contributed by atoms with Gasteiger partial charge in [0.25, 0.3) is 0 Å². The molecule has 0 spiro atoms. The van der Waals surface area contributed by atoms with Crippen LogP contribution in [0.4, 0.5) is 15.8 Å². The Balaban J connectivity index is 2.29. The number of nitrogens with two attached hydrogens (primary N) is 1. The van der Waals surface area contributed by atoms with Gasteiger partial charge in [0.05, 0.1) is 5.69 Å². The first-order chi connectivity index (χ1) is 9.88. The molecule has 0 saturated carbocycles. The van der Waals surface area contributed by atoms with Crippen molar-refractivity contribution >= 4 is 17.3 Å². The van der Waals surface area contributed by atoms with Gasteiger partial charge in [-0.3, -0.25) is 4.79 Å². The fraction of sp³-hybridized carbons (Fsp3) is 0.562. The number of carbonyl (C=O) groups excluding carboxylic acids is 1. The van der Waals surface area contributed by atoms with Gasteiger partial charge in [-0.2, -0.15) is 0 Å². The molecule has 0 saturated heterocycles. The Kier molecular flexibility index (Phi) is 7.15. The van der Waals surface area contributed by atoms with Crippen LogP contribution in [-0.2, 0) is 4.79 Å². The van der Waals surface area contributed by atoms with Crippen LogP contribution in [0, 0.1) is 11.7 Å². The van der Waals surface area contributed by atoms with Gasteiger partial charge in [0.1, 0.15) is 5.82 Å². The van der Waals surface area contributed by atoms with Crippen LogP contribution >= 0.6 is 0 Å². The van der Waals surface area contributed by atoms with E-state index >= 15 is 0 Å². The van der Waals surface area contributed by atoms with Gasteiger partial charge < -0.3 is 16.0 Å². The zero-order valence-corrected chi connectivity index (χ0v) is 13.2. The monoisotopic (exact) mass is 295 g/mol. The number of nitrogens with one attached hydrogen (secondary N) is 1. The summed E-state index contributed by atoms with van der Waals surface area (Å²) in [5.41, 5.74) is 6.15. The van der Waals surface area contributed by atoms with Crippen LogP contribution in [0.15, 0.2) is 18.2 Å². The number of rotatable bonds is 8. The van der Waals surface area contributed by atoms with Gasteiger partial charge in [-0.1, -0.05) is 13.8 Å². The van der Waals surface area contributed by atoms with E-state index in [0.717, 1.165) is 25.9 Å². The van der Waals surface area contributed by atoms with Gasteiger partial charge in [0.2, 0.25) is 5.91 Å². The molecule has 118 valence electrons. The molecule has 1 rings (SSSR count). The van der Waals surface area contributed by atoms with Gasteiger partial charge in [-0.25, -0.2) is 4.39 Å². The predicted molar refractivity (Wildman–Crippen MR) is 85.6 cm³/mol. The number of carbonyl (C=O) groups is 1. The van der Waals surface area contributed by atoms with E-state index < -0.39 is 5.82 Å². The van der Waals surface area contributed by atoms with Crippen LogP contribution in [0.3, 0.4) is 0 Å². The molecule has 0 bridgehead atoms. The summed E-state index contributed by atoms with van der Waals surface area (Å²) in [7, 11) is 2.05. The third-order valence-electron chi connectivity index (χ3n) is 3.30. The van der Waals surface area contributed by atoms with Crippen molar-refractivity contribution in [3.8, 4) is 0 Å². The Bertz CT molecular complexity index is 463. The van der Waals surface area contributed by atoms with E-state index in [1.165, 1.54) is 18.2 Å². The summed E-state index contributed by atoms with van der Waals surface area (Å²) in [6, 6.07) is 4.15. The molecule has 1 aromatic rings. The molecule has 1 amide bonds. The van der Waals surface area contributed by atoms with E-state index in [1.807, 2.05) is 0 Å². The number of hydrogen-bond donors (Lipinski definition) is 2. The zero-order valence-electron chi connectivity index (χ0n) is 13.2. The van der Waals surface area contributed by atoms with E-state index in [0.29, 0.717) is 18.0 Å². The molecule has 0 fully saturated rings. The summed E-state index contributed by atoms with van der Waals surface area (Å²) in [5, 5.41) is 2.56. The minimum Gasteiger partial charge on any atom is -0.399 e. The van der Waals surface area contributed by atoms with Gasteiger partial charge in [-0.15, -0.1) is 0 Å². The predicted octanol–water partition coefficient (Wildman–Crippen LogP) is 3.10. The van der Waals surface area contributed by atoms with Gasteiger partial charge in [0, 0.05) is 12.1 Å². The molecule has 4 nitrogen and oxygen atoms in total. The van der Waals surface area contributed by atoms with Gasteiger partial charge in [-0.05, 0) is 57.1 Å². The first kappa shape index (κ1) is 17.4. The van der Waals surface area contributed by atoms with Crippen LogP contribution in [0.5, 0.6) is 0 Å². The third-order valence-corrected chi connectivity index (χ3v) is 3.30. The summed E-state index contributed by atoms with van der Waals surface area (Å²) >= 11 is 0. The van der Waals surface area contributed by atoms with Crippen molar-refractivity contribution in [3.05, 3.63) is 24.0 Å². The summed E-state index contributed by atoms with van der Waals surface area (Å²) in [5.74, 6) is 0.0330. The van der Waals surface area contributed by atoms with Crippen molar-refractivity contribution in [1.82, 2.24) is 4.90 Å². The van der Waals surface area contributed by atoms with Crippen molar-refractivity contribution in [2.24, 2.45) is 5.92 Å². The Morgan fingerprint density at radius 3 is 2.76 bits per heavy atom. The lowest BCUT2D eigenvalue weighted by Crippen LogP contribution is -2.23. The molecule has 0 atom stereocenters. The number of halogens is 1. The minimum absolute atomic E-state index is 0.146. The van der Waals surface area contributed by atoms with Crippen LogP contribution in [0.2, 0.25) is 0 Å². The summed E-state index contributed by atoms with van der Waals surface area (Å²) in [4.78, 5) is 14.0. The van der Waals surface area contributed by atoms with Crippen molar-refractivity contribution in [2.45, 2.75) is 33.1 Å². The highest BCUT2D eigenvalue weighted by Gasteiger charge is 2.08. The second-order valence-corrected chi connectivity index (χ2v) is 5.88. The Morgan fingerprint density at radius 1 is 1.38 bits per heavy atom. The first-order valence-corrected chi connectivity index (χ1v) is 7.42. The second kappa shape index (κ2) is 8.62. The molecule has 5 heteroatoms. The summed E-state index contributed by atoms with van der Waals surface area (Å²) in [6.07, 6.45) is 2.28. The molecule has 21 heavy (non-hydrogen) atoms. The highest BCUT2D eigenvalue weighted by Crippen LogP contribution is 2.17. The number of anilines is 2. The molecule has 0 aromatic heterocycles. The molecule has 0 aliphatic rings. The minimum atomic E-state index is -0.466. The fourth-order valence-corrected chi connectivity index (χ4v) is 1.95. The first-order valence-electron chi connectivity index (χ1n) is 7.42. The van der Waals surface area contributed by atoms with Crippen LogP contribution in [-0.4, -0.2) is 30.9 Å². The Morgan fingerprint density at radius 2 is 2.10 bits per heavy atom. The van der Waals surface area contributed by atoms with Crippen molar-refractivity contribution < 1.29 is 9.18 Å². The Hall–Kier alpha value is -1.62. The lowest BCUT2D eigenvalue weighted by atomic mass is 10.1. The summed E-state index contributed by atoms with van der Waals surface area (Å²) < 4.78 is 13.5. The van der Waals surface area contributed by atoms with Crippen LogP contribution in [0.25, 0.3) is 0 Å². The standard InChI is InChI=1S/C16H26FN3O/c1-12(2)8-10-20(3)9-4-5-16(21)19-15-11-13(18)6-7-14(15)17/h6-7,11-12H,4-5,8-10,18H2,1-3H3,(H,19,21). The van der Waals surface area contributed by atoms with Crippen molar-refractivity contribution in [2.75, 3.05) is 31.2 Å². The normalized spacial score (nSPS) is 11.1. The van der Waals surface area contributed by atoms with Gasteiger partial charge in [0.15, 0.2) is 0 Å². The highest BCUT2D eigenvalue weighted by molar-refractivity contribution is 5.91. The van der Waals surface area contributed by atoms with Crippen LogP contribution < -0.4 is 11.1 Å². The van der Waals surface area contributed by atoms with E-state index in [-0.39, 0.29) is 11.6 Å². The molecule has 0 unspecified atom stereocenters. The smallest absolute Gasteiger partial charge is 0.224 e. The second-order valence-electron chi connectivity index (χ2n) is 5.88. The number of amides is 1. The van der Waals surface area contributed by atoms with Crippen molar-refractivity contribution in [3.63, 3.8) is 0 Å². The van der Waals surface area contributed by atoms with Crippen molar-refractivity contribution in [1.29, 1.82) is 0 Å². The van der Waals surface area contributed by atoms with E-state index in [9.17, 15) is 9.18 Å². The Labute approximate surface area is 126 Å². The maximum atomic E-state index is 13.5. The number of nitrogens with zero attached hydrogens (tertiary/aromatic N) is 1. The number of nitrogen functional groups attached to an aromatic ring is 1. The summed E-state index contributed by atoms with van der Waals surface area (Å²) in [6.45, 7) is 6.28. The molecule has 0 aliphatic carbocycles. The van der Waals surface area contributed by atoms with E-state index in [4.69, 9.17) is 5.73 Å². The molecule has 0 heterocycles. The molecule has 1 aromatic carbocycles. The maximum Gasteiger partial charge on any atom is 0.224 e. The molecular formula is C16H26FN3O. The van der Waals surface area contributed by atoms with E-state index in [1.54, 1.807) is 0 Å². The topological polar surface area (TPSA) is 58.4 Å². The molecule has 0 aliphatic heterocycles. The van der Waals surface area contributed by atoms with E-state index in [2.05, 4.69) is 31.1 Å². The van der Waals surface area contributed by atoms with Crippen LogP contribution in [0.1, 0.15) is 33.1 Å². The highest BCUT2D eigenvalue weighted by atomic mass is 19.1. The quantitative estimate of drug-likeness (QED) is 0.725. The molecule has 3 N–H and O–H groups in total. The lowest BCUT2D eigenvalue weighted by Gasteiger charge is -2.17. The fourth-order valence-electron chi connectivity index (χ4n) is 1.95. The third kappa shape index (κ3) is 7.09. The lowest BCUT2D eigenvalue weighted by molar-refractivity contribution is -0.116. The zero-order chi connectivity index (χ0) is 15.8. The average Bonchev–Trinajstić information content (AvgIpc) is 2.40. The maximum absolute atomic E-state index is 13.5. The molecule has 0 radical (unpaired) electrons. The number of benzene rings is 1.